The molecule has 0 radical (unpaired) electrons. The summed E-state index contributed by atoms with van der Waals surface area (Å²) < 4.78 is 13.0. The number of imidazole rings is 1. The Morgan fingerprint density at radius 1 is 0.939 bits per heavy atom. The van der Waals surface area contributed by atoms with Crippen LogP contribution in [0.2, 0.25) is 10.0 Å². The maximum Gasteiger partial charge on any atom is 0.410 e. The Bertz CT molecular complexity index is 1930. The highest BCUT2D eigenvalue weighted by molar-refractivity contribution is 6.39. The highest BCUT2D eigenvalue weighted by atomic mass is 35.5. The largest absolute Gasteiger partial charge is 0.464 e. The summed E-state index contributed by atoms with van der Waals surface area (Å²) >= 11 is 12.4. The van der Waals surface area contributed by atoms with Crippen LogP contribution in [-0.4, -0.2) is 61.6 Å². The van der Waals surface area contributed by atoms with Crippen molar-refractivity contribution in [3.63, 3.8) is 0 Å². The average Bonchev–Trinajstić information content (AvgIpc) is 3.51. The van der Waals surface area contributed by atoms with E-state index in [2.05, 4.69) is 15.3 Å². The van der Waals surface area contributed by atoms with E-state index in [0.717, 1.165) is 29.7 Å². The SMILES string of the molecule is CCOC(=O)[C@H](Cc1ccc(-n2c([C@@H]3CCCCN3C(=O)OCc3ccccc3)nc3cccnc32)cc1)NC(=O)c1c(Cl)cncc1Cl. The zero-order valence-corrected chi connectivity index (χ0v) is 28.2. The van der Waals surface area contributed by atoms with Crippen LogP contribution in [-0.2, 0) is 27.3 Å². The molecule has 0 saturated carbocycles. The smallest absolute Gasteiger partial charge is 0.410 e. The summed E-state index contributed by atoms with van der Waals surface area (Å²) in [7, 11) is 0. The molecule has 4 heterocycles. The van der Waals surface area contributed by atoms with Crippen molar-refractivity contribution in [2.45, 2.75) is 51.3 Å². The molecule has 1 N–H and O–H groups in total. The molecule has 252 valence electrons. The van der Waals surface area contributed by atoms with Crippen LogP contribution in [0.25, 0.3) is 16.9 Å². The van der Waals surface area contributed by atoms with Crippen LogP contribution in [0.15, 0.2) is 85.3 Å². The number of rotatable bonds is 10. The molecule has 13 heteroatoms. The number of hydrogen-bond donors (Lipinski definition) is 1. The summed E-state index contributed by atoms with van der Waals surface area (Å²) in [4.78, 5) is 54.8. The van der Waals surface area contributed by atoms with Gasteiger partial charge >= 0.3 is 12.1 Å². The van der Waals surface area contributed by atoms with Gasteiger partial charge in [-0.25, -0.2) is 19.6 Å². The second kappa shape index (κ2) is 15.5. The van der Waals surface area contributed by atoms with Crippen molar-refractivity contribution in [3.05, 3.63) is 118 Å². The van der Waals surface area contributed by atoms with E-state index in [1.165, 1.54) is 12.4 Å². The number of nitrogens with zero attached hydrogens (tertiary/aromatic N) is 5. The second-order valence-electron chi connectivity index (χ2n) is 11.5. The first-order valence-corrected chi connectivity index (χ1v) is 16.8. The van der Waals surface area contributed by atoms with Crippen LogP contribution in [0, 0.1) is 0 Å². The number of amides is 2. The third-order valence-corrected chi connectivity index (χ3v) is 8.85. The lowest BCUT2D eigenvalue weighted by atomic mass is 10.0. The third kappa shape index (κ3) is 7.68. The maximum absolute atomic E-state index is 13.4. The number of ether oxygens (including phenoxy) is 2. The van der Waals surface area contributed by atoms with Gasteiger partial charge in [0, 0.05) is 37.2 Å². The number of halogens is 2. The van der Waals surface area contributed by atoms with Gasteiger partial charge in [-0.05, 0) is 61.6 Å². The van der Waals surface area contributed by atoms with Crippen LogP contribution >= 0.6 is 23.2 Å². The van der Waals surface area contributed by atoms with E-state index in [-0.39, 0.29) is 41.3 Å². The summed E-state index contributed by atoms with van der Waals surface area (Å²) in [5.41, 5.74) is 3.82. The Hall–Kier alpha value is -5.00. The van der Waals surface area contributed by atoms with Gasteiger partial charge < -0.3 is 14.8 Å². The van der Waals surface area contributed by atoms with Gasteiger partial charge in [-0.15, -0.1) is 0 Å². The van der Waals surface area contributed by atoms with E-state index < -0.39 is 24.0 Å². The van der Waals surface area contributed by atoms with Crippen LogP contribution < -0.4 is 5.32 Å². The van der Waals surface area contributed by atoms with Gasteiger partial charge in [-0.1, -0.05) is 65.7 Å². The minimum atomic E-state index is -1.01. The van der Waals surface area contributed by atoms with Crippen LogP contribution in [0.3, 0.4) is 0 Å². The highest BCUT2D eigenvalue weighted by Crippen LogP contribution is 2.34. The van der Waals surface area contributed by atoms with E-state index in [9.17, 15) is 14.4 Å². The first-order chi connectivity index (χ1) is 23.8. The third-order valence-electron chi connectivity index (χ3n) is 8.27. The highest BCUT2D eigenvalue weighted by Gasteiger charge is 2.34. The van der Waals surface area contributed by atoms with E-state index in [0.29, 0.717) is 30.0 Å². The maximum atomic E-state index is 13.4. The van der Waals surface area contributed by atoms with Crippen molar-refractivity contribution < 1.29 is 23.9 Å². The Balaban J connectivity index is 1.27. The number of likely N-dealkylation sites (tertiary alicyclic amines) is 1. The fourth-order valence-corrected chi connectivity index (χ4v) is 6.48. The van der Waals surface area contributed by atoms with E-state index in [1.54, 1.807) is 18.0 Å². The van der Waals surface area contributed by atoms with Gasteiger partial charge in [-0.2, -0.15) is 0 Å². The van der Waals surface area contributed by atoms with Crippen molar-refractivity contribution >= 4 is 52.3 Å². The first kappa shape index (κ1) is 33.9. The molecule has 0 spiro atoms. The fraction of sp³-hybridized carbons (Fsp3) is 0.278. The summed E-state index contributed by atoms with van der Waals surface area (Å²) in [5, 5.41) is 2.85. The number of aromatic nitrogens is 4. The number of fused-ring (bicyclic) bond motifs is 1. The van der Waals surface area contributed by atoms with Gasteiger partial charge in [0.25, 0.3) is 5.91 Å². The monoisotopic (exact) mass is 700 g/mol. The summed E-state index contributed by atoms with van der Waals surface area (Å²) in [6.07, 6.45) is 6.59. The predicted molar refractivity (Wildman–Crippen MR) is 185 cm³/mol. The molecule has 0 unspecified atom stereocenters. The zero-order valence-electron chi connectivity index (χ0n) is 26.7. The summed E-state index contributed by atoms with van der Waals surface area (Å²) in [5.74, 6) is -0.530. The van der Waals surface area contributed by atoms with Gasteiger partial charge in [0.15, 0.2) is 5.65 Å². The first-order valence-electron chi connectivity index (χ1n) is 16.0. The van der Waals surface area contributed by atoms with Crippen molar-refractivity contribution in [2.75, 3.05) is 13.2 Å². The van der Waals surface area contributed by atoms with Gasteiger partial charge in [-0.3, -0.25) is 19.2 Å². The van der Waals surface area contributed by atoms with E-state index in [1.807, 2.05) is 71.3 Å². The molecular formula is C36H34Cl2N6O5. The minimum absolute atomic E-state index is 0.0238. The standard InChI is InChI=1S/C36H34Cl2N6O5/c1-2-48-35(46)29(42-34(45)31-26(37)20-39-21-27(31)38)19-23-13-15-25(16-14-23)44-32-28(11-8-17-40-32)41-33(44)30-12-6-7-18-43(30)36(47)49-22-24-9-4-3-5-10-24/h3-5,8-11,13-17,20-21,29-30H,2,6-7,12,18-19,22H2,1H3,(H,42,45)/t29-,30-/m0/s1. The van der Waals surface area contributed by atoms with Gasteiger partial charge in [0.2, 0.25) is 0 Å². The van der Waals surface area contributed by atoms with Crippen LogP contribution in [0.1, 0.15) is 59.5 Å². The average molecular weight is 702 g/mol. The summed E-state index contributed by atoms with van der Waals surface area (Å²) in [6, 6.07) is 19.5. The molecule has 1 fully saturated rings. The Morgan fingerprint density at radius 2 is 1.69 bits per heavy atom. The predicted octanol–water partition coefficient (Wildman–Crippen LogP) is 6.89. The molecule has 5 aromatic rings. The van der Waals surface area contributed by atoms with Crippen LogP contribution in [0.5, 0.6) is 0 Å². The lowest BCUT2D eigenvalue weighted by Crippen LogP contribution is -2.43. The molecule has 1 aliphatic heterocycles. The Kier molecular flexibility index (Phi) is 10.7. The molecule has 2 atom stereocenters. The molecule has 1 saturated heterocycles. The Labute approximate surface area is 293 Å². The van der Waals surface area contributed by atoms with E-state index in [4.69, 9.17) is 37.7 Å². The number of esters is 1. The second-order valence-corrected chi connectivity index (χ2v) is 12.3. The molecule has 0 aliphatic carbocycles. The number of nitrogens with one attached hydrogen (secondary N) is 1. The molecule has 1 aliphatic rings. The quantitative estimate of drug-likeness (QED) is 0.156. The van der Waals surface area contributed by atoms with Crippen molar-refractivity contribution in [1.29, 1.82) is 0 Å². The zero-order chi connectivity index (χ0) is 34.3. The number of benzene rings is 2. The van der Waals surface area contributed by atoms with E-state index >= 15 is 0 Å². The topological polar surface area (TPSA) is 129 Å². The number of carbonyl (C=O) groups is 3. The van der Waals surface area contributed by atoms with Gasteiger partial charge in [0.1, 0.15) is 24.0 Å². The lowest BCUT2D eigenvalue weighted by Gasteiger charge is -2.34. The summed E-state index contributed by atoms with van der Waals surface area (Å²) in [6.45, 7) is 2.56. The number of carbonyl (C=O) groups excluding carboxylic acids is 3. The van der Waals surface area contributed by atoms with Crippen molar-refractivity contribution in [1.82, 2.24) is 29.7 Å². The molecule has 0 bridgehead atoms. The number of piperidine rings is 1. The lowest BCUT2D eigenvalue weighted by molar-refractivity contribution is -0.145. The Morgan fingerprint density at radius 3 is 2.43 bits per heavy atom. The normalized spacial score (nSPS) is 15.1. The molecular weight excluding hydrogens is 667 g/mol. The molecule has 2 amide bonds. The molecule has 6 rings (SSSR count). The fourth-order valence-electron chi connectivity index (χ4n) is 5.94. The van der Waals surface area contributed by atoms with Crippen LogP contribution in [0.4, 0.5) is 4.79 Å². The van der Waals surface area contributed by atoms with Crippen molar-refractivity contribution in [3.8, 4) is 5.69 Å². The molecule has 2 aromatic carbocycles. The van der Waals surface area contributed by atoms with Crippen molar-refractivity contribution in [2.24, 2.45) is 0 Å². The number of hydrogen-bond acceptors (Lipinski definition) is 8. The molecule has 49 heavy (non-hydrogen) atoms. The van der Waals surface area contributed by atoms with Gasteiger partial charge in [0.05, 0.1) is 28.3 Å². The number of pyridine rings is 2. The molecule has 11 nitrogen and oxygen atoms in total. The minimum Gasteiger partial charge on any atom is -0.464 e. The molecule has 3 aromatic heterocycles.